The van der Waals surface area contributed by atoms with Crippen molar-refractivity contribution < 1.29 is 9.53 Å². The summed E-state index contributed by atoms with van der Waals surface area (Å²) in [6.07, 6.45) is 8.37. The van der Waals surface area contributed by atoms with Crippen molar-refractivity contribution in [1.82, 2.24) is 5.32 Å². The molecule has 4 heteroatoms. The number of unbranched alkanes of at least 4 members (excludes halogenated alkanes) is 4. The van der Waals surface area contributed by atoms with Crippen molar-refractivity contribution in [2.24, 2.45) is 5.73 Å². The SMILES string of the molecule is CCCCCCCOCC(C)(NC1CC1)C(N)=O. The van der Waals surface area contributed by atoms with E-state index in [0.717, 1.165) is 25.9 Å². The molecule has 1 saturated carbocycles. The van der Waals surface area contributed by atoms with Crippen LogP contribution in [-0.4, -0.2) is 30.7 Å². The Balaban J connectivity index is 2.11. The summed E-state index contributed by atoms with van der Waals surface area (Å²) >= 11 is 0. The fourth-order valence-electron chi connectivity index (χ4n) is 1.95. The molecular formula is C14H28N2O2. The molecule has 4 nitrogen and oxygen atoms in total. The largest absolute Gasteiger partial charge is 0.379 e. The lowest BCUT2D eigenvalue weighted by atomic mass is 10.0. The van der Waals surface area contributed by atoms with E-state index in [0.29, 0.717) is 12.6 Å². The predicted molar refractivity (Wildman–Crippen MR) is 73.3 cm³/mol. The van der Waals surface area contributed by atoms with Gasteiger partial charge in [-0.15, -0.1) is 0 Å². The molecule has 0 saturated heterocycles. The maximum absolute atomic E-state index is 11.5. The molecule has 3 N–H and O–H groups in total. The summed E-state index contributed by atoms with van der Waals surface area (Å²) in [6.45, 7) is 5.15. The van der Waals surface area contributed by atoms with Crippen LogP contribution in [0.2, 0.25) is 0 Å². The van der Waals surface area contributed by atoms with E-state index in [4.69, 9.17) is 10.5 Å². The highest BCUT2D eigenvalue weighted by Gasteiger charge is 2.37. The first-order chi connectivity index (χ1) is 8.58. The van der Waals surface area contributed by atoms with Gasteiger partial charge in [0, 0.05) is 12.6 Å². The Morgan fingerprint density at radius 1 is 1.33 bits per heavy atom. The highest BCUT2D eigenvalue weighted by molar-refractivity contribution is 5.84. The van der Waals surface area contributed by atoms with Crippen LogP contribution in [0, 0.1) is 0 Å². The summed E-state index contributed by atoms with van der Waals surface area (Å²) in [6, 6.07) is 0.454. The molecule has 106 valence electrons. The first-order valence-electron chi connectivity index (χ1n) is 7.24. The van der Waals surface area contributed by atoms with E-state index in [2.05, 4.69) is 12.2 Å². The number of carbonyl (C=O) groups excluding carboxylic acids is 1. The fraction of sp³-hybridized carbons (Fsp3) is 0.929. The molecule has 0 heterocycles. The molecule has 18 heavy (non-hydrogen) atoms. The zero-order chi connectivity index (χ0) is 13.4. The van der Waals surface area contributed by atoms with Gasteiger partial charge in [-0.05, 0) is 26.2 Å². The first-order valence-corrected chi connectivity index (χ1v) is 7.24. The van der Waals surface area contributed by atoms with Crippen molar-refractivity contribution in [1.29, 1.82) is 0 Å². The van der Waals surface area contributed by atoms with Crippen molar-refractivity contribution in [2.75, 3.05) is 13.2 Å². The predicted octanol–water partition coefficient (Wildman–Crippen LogP) is 1.97. The number of amides is 1. The fourth-order valence-corrected chi connectivity index (χ4v) is 1.95. The maximum Gasteiger partial charge on any atom is 0.239 e. The maximum atomic E-state index is 11.5. The van der Waals surface area contributed by atoms with Crippen LogP contribution in [0.25, 0.3) is 0 Å². The van der Waals surface area contributed by atoms with Crippen molar-refractivity contribution in [3.63, 3.8) is 0 Å². The van der Waals surface area contributed by atoms with Crippen LogP contribution < -0.4 is 11.1 Å². The topological polar surface area (TPSA) is 64.3 Å². The van der Waals surface area contributed by atoms with Crippen molar-refractivity contribution in [2.45, 2.75) is 70.4 Å². The highest BCUT2D eigenvalue weighted by atomic mass is 16.5. The number of rotatable bonds is 11. The van der Waals surface area contributed by atoms with E-state index < -0.39 is 5.54 Å². The van der Waals surface area contributed by atoms with E-state index in [9.17, 15) is 4.79 Å². The summed E-state index contributed by atoms with van der Waals surface area (Å²) in [7, 11) is 0. The van der Waals surface area contributed by atoms with Gasteiger partial charge in [0.25, 0.3) is 0 Å². The molecule has 1 unspecified atom stereocenters. The second-order valence-electron chi connectivity index (χ2n) is 5.58. The lowest BCUT2D eigenvalue weighted by Crippen LogP contribution is -2.57. The average molecular weight is 256 g/mol. The minimum atomic E-state index is -0.704. The molecule has 0 aliphatic heterocycles. The normalized spacial score (nSPS) is 18.6. The third-order valence-electron chi connectivity index (χ3n) is 3.43. The summed E-state index contributed by atoms with van der Waals surface area (Å²) < 4.78 is 5.61. The minimum Gasteiger partial charge on any atom is -0.379 e. The summed E-state index contributed by atoms with van der Waals surface area (Å²) in [4.78, 5) is 11.5. The molecule has 1 aliphatic carbocycles. The smallest absolute Gasteiger partial charge is 0.239 e. The monoisotopic (exact) mass is 256 g/mol. The van der Waals surface area contributed by atoms with Crippen molar-refractivity contribution in [3.8, 4) is 0 Å². The van der Waals surface area contributed by atoms with Gasteiger partial charge in [-0.2, -0.15) is 0 Å². The molecule has 0 aromatic carbocycles. The number of nitrogens with two attached hydrogens (primary N) is 1. The van der Waals surface area contributed by atoms with Gasteiger partial charge in [0.2, 0.25) is 5.91 Å². The van der Waals surface area contributed by atoms with Crippen molar-refractivity contribution in [3.05, 3.63) is 0 Å². The number of carbonyl (C=O) groups is 1. The van der Waals surface area contributed by atoms with Gasteiger partial charge in [0.1, 0.15) is 5.54 Å². The van der Waals surface area contributed by atoms with Crippen LogP contribution in [0.15, 0.2) is 0 Å². The second kappa shape index (κ2) is 7.74. The lowest BCUT2D eigenvalue weighted by Gasteiger charge is -2.27. The Morgan fingerprint density at radius 2 is 2.00 bits per heavy atom. The lowest BCUT2D eigenvalue weighted by molar-refractivity contribution is -0.126. The number of hydrogen-bond donors (Lipinski definition) is 2. The Kier molecular flexibility index (Phi) is 6.65. The van der Waals surface area contributed by atoms with Gasteiger partial charge in [0.05, 0.1) is 6.61 Å². The van der Waals surface area contributed by atoms with E-state index in [-0.39, 0.29) is 5.91 Å². The molecule has 1 amide bonds. The van der Waals surface area contributed by atoms with E-state index >= 15 is 0 Å². The Bertz CT molecular complexity index is 254. The number of primary amides is 1. The van der Waals surface area contributed by atoms with Crippen LogP contribution in [0.5, 0.6) is 0 Å². The van der Waals surface area contributed by atoms with Gasteiger partial charge in [0.15, 0.2) is 0 Å². The van der Waals surface area contributed by atoms with Crippen LogP contribution in [0.4, 0.5) is 0 Å². The number of nitrogens with one attached hydrogen (secondary N) is 1. The second-order valence-corrected chi connectivity index (χ2v) is 5.58. The summed E-state index contributed by atoms with van der Waals surface area (Å²) in [5.74, 6) is -0.319. The van der Waals surface area contributed by atoms with Crippen LogP contribution >= 0.6 is 0 Å². The van der Waals surface area contributed by atoms with Gasteiger partial charge >= 0.3 is 0 Å². The number of ether oxygens (including phenoxy) is 1. The summed E-state index contributed by atoms with van der Waals surface area (Å²) in [5, 5.41) is 3.28. The molecular weight excluding hydrogens is 228 g/mol. The van der Waals surface area contributed by atoms with E-state index in [1.165, 1.54) is 25.7 Å². The minimum absolute atomic E-state index is 0.319. The molecule has 0 aromatic rings. The Morgan fingerprint density at radius 3 is 2.56 bits per heavy atom. The van der Waals surface area contributed by atoms with Crippen LogP contribution in [0.1, 0.15) is 58.8 Å². The first kappa shape index (κ1) is 15.4. The molecule has 0 radical (unpaired) electrons. The quantitative estimate of drug-likeness (QED) is 0.555. The van der Waals surface area contributed by atoms with Gasteiger partial charge in [-0.25, -0.2) is 0 Å². The molecule has 1 atom stereocenters. The van der Waals surface area contributed by atoms with Crippen LogP contribution in [0.3, 0.4) is 0 Å². The van der Waals surface area contributed by atoms with E-state index in [1.807, 2.05) is 6.92 Å². The van der Waals surface area contributed by atoms with Gasteiger partial charge < -0.3 is 10.5 Å². The van der Waals surface area contributed by atoms with Gasteiger partial charge in [-0.1, -0.05) is 32.6 Å². The molecule has 1 rings (SSSR count). The van der Waals surface area contributed by atoms with E-state index in [1.54, 1.807) is 0 Å². The highest BCUT2D eigenvalue weighted by Crippen LogP contribution is 2.22. The third kappa shape index (κ3) is 5.83. The Hall–Kier alpha value is -0.610. The molecule has 0 spiro atoms. The molecule has 0 bridgehead atoms. The molecule has 1 fully saturated rings. The summed E-state index contributed by atoms with van der Waals surface area (Å²) in [5.41, 5.74) is 4.74. The zero-order valence-corrected chi connectivity index (χ0v) is 11.8. The number of hydrogen-bond acceptors (Lipinski definition) is 3. The standard InChI is InChI=1S/C14H28N2O2/c1-3-4-5-6-7-10-18-11-14(2,13(15)17)16-12-8-9-12/h12,16H,3-11H2,1-2H3,(H2,15,17). The Labute approximate surface area is 111 Å². The van der Waals surface area contributed by atoms with Crippen molar-refractivity contribution >= 4 is 5.91 Å². The van der Waals surface area contributed by atoms with Crippen LogP contribution in [-0.2, 0) is 9.53 Å². The zero-order valence-electron chi connectivity index (χ0n) is 11.8. The molecule has 0 aromatic heterocycles. The van der Waals surface area contributed by atoms with Gasteiger partial charge in [-0.3, -0.25) is 10.1 Å². The average Bonchev–Trinajstić information content (AvgIpc) is 3.11. The third-order valence-corrected chi connectivity index (χ3v) is 3.43. The molecule has 1 aliphatic rings.